The van der Waals surface area contributed by atoms with Crippen LogP contribution in [0.4, 0.5) is 0 Å². The average Bonchev–Trinajstić information content (AvgIpc) is 3.34. The second-order valence-corrected chi connectivity index (χ2v) is 8.52. The van der Waals surface area contributed by atoms with E-state index in [1.54, 1.807) is 11.8 Å². The van der Waals surface area contributed by atoms with E-state index in [4.69, 9.17) is 4.74 Å². The Hall–Kier alpha value is -3.10. The molecule has 1 amide bonds. The smallest absolute Gasteiger partial charge is 0.251 e. The Morgan fingerprint density at radius 2 is 2.03 bits per heavy atom. The average molecular weight is 435 g/mol. The van der Waals surface area contributed by atoms with E-state index in [2.05, 4.69) is 56.9 Å². The third-order valence-corrected chi connectivity index (χ3v) is 5.88. The summed E-state index contributed by atoms with van der Waals surface area (Å²) in [5.74, 6) is -0.110. The molecule has 1 fully saturated rings. The molecule has 1 aromatic heterocycles. The summed E-state index contributed by atoms with van der Waals surface area (Å²) in [7, 11) is 1.77. The van der Waals surface area contributed by atoms with Crippen molar-refractivity contribution < 1.29 is 9.53 Å². The molecule has 0 radical (unpaired) electrons. The van der Waals surface area contributed by atoms with Gasteiger partial charge in [0.2, 0.25) is 0 Å². The van der Waals surface area contributed by atoms with Gasteiger partial charge in [-0.1, -0.05) is 29.8 Å². The lowest BCUT2D eigenvalue weighted by Crippen LogP contribution is -2.47. The summed E-state index contributed by atoms with van der Waals surface area (Å²) >= 11 is 0. The van der Waals surface area contributed by atoms with Gasteiger partial charge in [-0.05, 0) is 73.0 Å². The molecule has 1 saturated heterocycles. The number of hydrogen-bond donors (Lipinski definition) is 1. The van der Waals surface area contributed by atoms with Crippen molar-refractivity contribution in [3.8, 4) is 16.8 Å². The van der Waals surface area contributed by atoms with Crippen molar-refractivity contribution in [2.75, 3.05) is 26.7 Å². The lowest BCUT2D eigenvalue weighted by Gasteiger charge is -2.33. The lowest BCUT2D eigenvalue weighted by atomic mass is 10.0. The predicted molar refractivity (Wildman–Crippen MR) is 123 cm³/mol. The molecule has 8 heteroatoms. The molecule has 0 spiro atoms. The monoisotopic (exact) mass is 434 g/mol. The van der Waals surface area contributed by atoms with Crippen LogP contribution in [0.15, 0.2) is 48.8 Å². The van der Waals surface area contributed by atoms with Crippen LogP contribution >= 0.6 is 0 Å². The second-order valence-electron chi connectivity index (χ2n) is 8.52. The van der Waals surface area contributed by atoms with Crippen LogP contribution in [0.3, 0.4) is 0 Å². The quantitative estimate of drug-likeness (QED) is 0.616. The number of likely N-dealkylation sites (tertiary alicyclic amines) is 1. The van der Waals surface area contributed by atoms with Crippen LogP contribution in [0.1, 0.15) is 35.7 Å². The highest BCUT2D eigenvalue weighted by Crippen LogP contribution is 2.25. The predicted octanol–water partition coefficient (Wildman–Crippen LogP) is 2.87. The van der Waals surface area contributed by atoms with Crippen molar-refractivity contribution in [2.45, 2.75) is 38.8 Å². The molecular weight excluding hydrogens is 404 g/mol. The third kappa shape index (κ3) is 5.38. The molecule has 3 aromatic rings. The van der Waals surface area contributed by atoms with Gasteiger partial charge in [0.25, 0.3) is 5.91 Å². The van der Waals surface area contributed by atoms with E-state index in [0.29, 0.717) is 5.56 Å². The molecule has 0 bridgehead atoms. The summed E-state index contributed by atoms with van der Waals surface area (Å²) in [6, 6.07) is 14.0. The number of hydrogen-bond acceptors (Lipinski definition) is 6. The molecule has 0 saturated carbocycles. The molecule has 2 atom stereocenters. The zero-order valence-electron chi connectivity index (χ0n) is 18.9. The van der Waals surface area contributed by atoms with Gasteiger partial charge in [0.1, 0.15) is 6.33 Å². The van der Waals surface area contributed by atoms with Crippen LogP contribution in [-0.4, -0.2) is 69.9 Å². The number of carbonyl (C=O) groups is 1. The topological polar surface area (TPSA) is 85.2 Å². The molecule has 2 aromatic carbocycles. The second kappa shape index (κ2) is 10.0. The summed E-state index contributed by atoms with van der Waals surface area (Å²) < 4.78 is 7.08. The highest BCUT2D eigenvalue weighted by molar-refractivity contribution is 5.96. The Kier molecular flexibility index (Phi) is 6.92. The minimum Gasteiger partial charge on any atom is -0.380 e. The van der Waals surface area contributed by atoms with E-state index in [1.807, 2.05) is 25.1 Å². The van der Waals surface area contributed by atoms with Gasteiger partial charge in [0, 0.05) is 31.8 Å². The molecule has 32 heavy (non-hydrogen) atoms. The van der Waals surface area contributed by atoms with Crippen molar-refractivity contribution in [3.05, 3.63) is 59.9 Å². The van der Waals surface area contributed by atoms with Crippen molar-refractivity contribution >= 4 is 5.91 Å². The van der Waals surface area contributed by atoms with Gasteiger partial charge in [-0.2, -0.15) is 0 Å². The Balaban J connectivity index is 1.53. The van der Waals surface area contributed by atoms with Gasteiger partial charge in [0.15, 0.2) is 0 Å². The van der Waals surface area contributed by atoms with Crippen molar-refractivity contribution in [1.29, 1.82) is 0 Å². The van der Waals surface area contributed by atoms with Crippen LogP contribution < -0.4 is 5.32 Å². The first-order valence-corrected chi connectivity index (χ1v) is 11.0. The summed E-state index contributed by atoms with van der Waals surface area (Å²) in [5, 5.41) is 14.6. The molecule has 0 aliphatic carbocycles. The highest BCUT2D eigenvalue weighted by atomic mass is 16.5. The zero-order chi connectivity index (χ0) is 22.5. The van der Waals surface area contributed by atoms with Crippen molar-refractivity contribution in [2.24, 2.45) is 0 Å². The maximum Gasteiger partial charge on any atom is 0.251 e. The Morgan fingerprint density at radius 3 is 2.75 bits per heavy atom. The summed E-state index contributed by atoms with van der Waals surface area (Å²) in [5.41, 5.74) is 4.48. The lowest BCUT2D eigenvalue weighted by molar-refractivity contribution is 0.0287. The molecule has 168 valence electrons. The summed E-state index contributed by atoms with van der Waals surface area (Å²) in [4.78, 5) is 15.5. The number of piperidine rings is 1. The number of carbonyl (C=O) groups excluding carboxylic acids is 1. The van der Waals surface area contributed by atoms with Gasteiger partial charge < -0.3 is 10.1 Å². The molecule has 1 aliphatic rings. The largest absolute Gasteiger partial charge is 0.380 e. The number of amides is 1. The van der Waals surface area contributed by atoms with Gasteiger partial charge >= 0.3 is 0 Å². The van der Waals surface area contributed by atoms with Crippen LogP contribution in [0.25, 0.3) is 16.8 Å². The van der Waals surface area contributed by atoms with Gasteiger partial charge in [-0.15, -0.1) is 5.10 Å². The number of tetrazole rings is 1. The fourth-order valence-corrected chi connectivity index (χ4v) is 4.18. The zero-order valence-corrected chi connectivity index (χ0v) is 18.9. The number of nitrogens with one attached hydrogen (secondary N) is 1. The molecule has 4 rings (SSSR count). The summed E-state index contributed by atoms with van der Waals surface area (Å²) in [6.07, 6.45) is 4.02. The molecule has 1 aliphatic heterocycles. The van der Waals surface area contributed by atoms with E-state index in [1.165, 1.54) is 11.9 Å². The Bertz CT molecular complexity index is 1040. The first-order valence-electron chi connectivity index (χ1n) is 11.0. The van der Waals surface area contributed by atoms with Crippen molar-refractivity contribution in [1.82, 2.24) is 30.4 Å². The third-order valence-electron chi connectivity index (χ3n) is 5.88. The first-order chi connectivity index (χ1) is 15.5. The number of ether oxygens (including phenoxy) is 1. The van der Waals surface area contributed by atoms with Gasteiger partial charge in [-0.3, -0.25) is 9.69 Å². The first kappa shape index (κ1) is 22.1. The number of aromatic nitrogens is 4. The minimum atomic E-state index is -0.110. The minimum absolute atomic E-state index is 0.0117. The normalized spacial score (nSPS) is 17.8. The number of rotatable bonds is 7. The number of methoxy groups -OCH3 is 1. The van der Waals surface area contributed by atoms with Crippen LogP contribution in [0.5, 0.6) is 0 Å². The SMILES string of the molecule is COC1CCCN(C[C@@H](C)NC(=O)c2cc(-c3ccc(C)cc3)cc(-n3cnnn3)c2)C1. The van der Waals surface area contributed by atoms with E-state index in [9.17, 15) is 4.79 Å². The number of nitrogens with zero attached hydrogens (tertiary/aromatic N) is 5. The summed E-state index contributed by atoms with van der Waals surface area (Å²) in [6.45, 7) is 6.83. The molecule has 1 unspecified atom stereocenters. The maximum absolute atomic E-state index is 13.2. The fourth-order valence-electron chi connectivity index (χ4n) is 4.18. The van der Waals surface area contributed by atoms with E-state index in [0.717, 1.165) is 49.3 Å². The fraction of sp³-hybridized carbons (Fsp3) is 0.417. The van der Waals surface area contributed by atoms with Crippen LogP contribution in [0, 0.1) is 6.92 Å². The molecular formula is C24H30N6O2. The van der Waals surface area contributed by atoms with Gasteiger partial charge in [-0.25, -0.2) is 4.68 Å². The molecule has 2 heterocycles. The molecule has 8 nitrogen and oxygen atoms in total. The standard InChI is InChI=1S/C24H30N6O2/c1-17-6-8-19(9-7-17)20-11-21(13-22(12-20)30-16-25-27-28-30)24(31)26-18(2)14-29-10-4-5-23(15-29)32-3/h6-9,11-13,16,18,23H,4-5,10,14-15H2,1-3H3,(H,26,31)/t18-,23?/m1/s1. The number of benzene rings is 2. The Labute approximate surface area is 188 Å². The van der Waals surface area contributed by atoms with Crippen LogP contribution in [0.2, 0.25) is 0 Å². The van der Waals surface area contributed by atoms with Crippen molar-refractivity contribution in [3.63, 3.8) is 0 Å². The van der Waals surface area contributed by atoms with E-state index < -0.39 is 0 Å². The maximum atomic E-state index is 13.2. The Morgan fingerprint density at radius 1 is 1.22 bits per heavy atom. The number of aryl methyl sites for hydroxylation is 1. The van der Waals surface area contributed by atoms with E-state index in [-0.39, 0.29) is 18.1 Å². The molecule has 1 N–H and O–H groups in total. The highest BCUT2D eigenvalue weighted by Gasteiger charge is 2.22. The van der Waals surface area contributed by atoms with Crippen LogP contribution in [-0.2, 0) is 4.74 Å². The van der Waals surface area contributed by atoms with Gasteiger partial charge in [0.05, 0.1) is 11.8 Å². The van der Waals surface area contributed by atoms with E-state index >= 15 is 0 Å².